The van der Waals surface area contributed by atoms with Crippen LogP contribution in [-0.4, -0.2) is 89.6 Å². The van der Waals surface area contributed by atoms with Crippen molar-refractivity contribution in [3.8, 4) is 11.5 Å². The molecule has 15 heteroatoms. The maximum Gasteiger partial charge on any atom is 0.246 e. The first kappa shape index (κ1) is 46.5. The first-order chi connectivity index (χ1) is 30.1. The average Bonchev–Trinajstić information content (AvgIpc) is 3.59. The fourth-order valence-electron chi connectivity index (χ4n) is 10.1. The Morgan fingerprint density at radius 1 is 0.730 bits per heavy atom. The fraction of sp³-hybridized carbons (Fsp3) is 0.500. The summed E-state index contributed by atoms with van der Waals surface area (Å²) in [4.78, 5) is 78.4. The molecule has 1 unspecified atom stereocenters. The summed E-state index contributed by atoms with van der Waals surface area (Å²) in [6.45, 7) is 4.79. The Kier molecular flexibility index (Phi) is 15.5. The molecule has 0 aromatic heterocycles. The monoisotopic (exact) mass is 866 g/mol. The molecule has 0 radical (unpaired) electrons. The number of phenolic OH excluding ortho intramolecular Hbond substituents is 2. The molecule has 6 amide bonds. The third-order valence-electron chi connectivity index (χ3n) is 13.2. The average molecular weight is 867 g/mol. The van der Waals surface area contributed by atoms with Crippen molar-refractivity contribution in [3.63, 3.8) is 0 Å². The van der Waals surface area contributed by atoms with Crippen molar-refractivity contribution < 1.29 is 43.7 Å². The summed E-state index contributed by atoms with van der Waals surface area (Å²) >= 11 is 0. The summed E-state index contributed by atoms with van der Waals surface area (Å²) in [5.41, 5.74) is 9.43. The molecule has 15 nitrogen and oxygen atoms in total. The number of carbonyl (C=O) groups is 6. The van der Waals surface area contributed by atoms with E-state index < -0.39 is 66.7 Å². The molecule has 3 aliphatic carbocycles. The van der Waals surface area contributed by atoms with Gasteiger partial charge in [0.1, 0.15) is 36.2 Å². The number of hydrogen-bond donors (Lipinski definition) is 8. The van der Waals surface area contributed by atoms with E-state index in [2.05, 4.69) is 39.6 Å². The van der Waals surface area contributed by atoms with Gasteiger partial charge in [-0.3, -0.25) is 28.8 Å². The van der Waals surface area contributed by atoms with Crippen LogP contribution in [0.1, 0.15) is 87.5 Å². The van der Waals surface area contributed by atoms with Crippen LogP contribution in [0.3, 0.4) is 0 Å². The van der Waals surface area contributed by atoms with Crippen molar-refractivity contribution in [3.05, 3.63) is 95.1 Å². The zero-order valence-corrected chi connectivity index (χ0v) is 36.4. The van der Waals surface area contributed by atoms with Crippen LogP contribution in [0.5, 0.6) is 11.5 Å². The lowest BCUT2D eigenvalue weighted by Crippen LogP contribution is -2.55. The van der Waals surface area contributed by atoms with E-state index >= 15 is 0 Å². The largest absolute Gasteiger partial charge is 0.508 e. The van der Waals surface area contributed by atoms with Crippen molar-refractivity contribution in [2.75, 3.05) is 19.7 Å². The van der Waals surface area contributed by atoms with Crippen molar-refractivity contribution in [1.82, 2.24) is 26.6 Å². The number of nitrogens with two attached hydrogens (primary N) is 1. The molecule has 8 atom stereocenters. The molecule has 3 aliphatic rings. The zero-order valence-electron chi connectivity index (χ0n) is 36.4. The van der Waals surface area contributed by atoms with E-state index in [-0.39, 0.29) is 42.6 Å². The number of phenols is 2. The standard InChI is InChI=1S/C48H62N6O9/c1-28(2)21-38(45(49)60)54-47(62)40(22-29-7-5-4-6-8-29)52-43(58)26-50-42(57)25-51-46(61)39(23-30-9-12-32(55)13-10-30)53-44(59)27-63-41-18-17-37-36-15-11-31-24-33(56)14-16-34(31)35(36)19-20-48(37,41)3/h4-10,12-14,16,24,28,35-41,55-56H,11,15,17-23,25-27H2,1-3H3,(H2,49,60)(H,50,57)(H,51,61)(H,52,58)(H,53,59)(H,54,62)/t35-,36-,37+,38+,39+,40+,41?,48+/m1/s1. The second kappa shape index (κ2) is 20.9. The Bertz CT molecular complexity index is 2110. The first-order valence-corrected chi connectivity index (χ1v) is 22.1. The molecule has 0 aliphatic heterocycles. The molecule has 0 bridgehead atoms. The van der Waals surface area contributed by atoms with Crippen LogP contribution in [-0.2, 0) is 52.8 Å². The predicted molar refractivity (Wildman–Crippen MR) is 235 cm³/mol. The van der Waals surface area contributed by atoms with Gasteiger partial charge >= 0.3 is 0 Å². The lowest BCUT2D eigenvalue weighted by Gasteiger charge is -2.50. The molecular weight excluding hydrogens is 805 g/mol. The highest BCUT2D eigenvalue weighted by Crippen LogP contribution is 2.61. The highest BCUT2D eigenvalue weighted by atomic mass is 16.5. The van der Waals surface area contributed by atoms with E-state index in [1.807, 2.05) is 26.0 Å². The van der Waals surface area contributed by atoms with Gasteiger partial charge in [-0.2, -0.15) is 0 Å². The number of amides is 6. The molecule has 6 rings (SSSR count). The quantitative estimate of drug-likeness (QED) is 0.0883. The summed E-state index contributed by atoms with van der Waals surface area (Å²) in [5.74, 6) is -1.98. The Labute approximate surface area is 368 Å². The van der Waals surface area contributed by atoms with Crippen LogP contribution < -0.4 is 32.3 Å². The van der Waals surface area contributed by atoms with Gasteiger partial charge in [-0.15, -0.1) is 0 Å². The van der Waals surface area contributed by atoms with E-state index in [0.717, 1.165) is 44.1 Å². The zero-order chi connectivity index (χ0) is 45.3. The molecule has 2 saturated carbocycles. The number of aromatic hydroxyl groups is 2. The molecule has 0 heterocycles. The minimum Gasteiger partial charge on any atom is -0.508 e. The van der Waals surface area contributed by atoms with Crippen LogP contribution in [0, 0.1) is 23.2 Å². The SMILES string of the molecule is CC(C)C[C@H](NC(=O)[C@H](Cc1ccccc1)NC(=O)CNC(=O)CNC(=O)[C@H](Cc1ccc(O)cc1)NC(=O)COC1CC[C@H]2[C@@H]3CCc4cc(O)ccc4[C@H]3CC[C@]12C)C(N)=O. The molecule has 9 N–H and O–H groups in total. The van der Waals surface area contributed by atoms with E-state index in [4.69, 9.17) is 10.5 Å². The van der Waals surface area contributed by atoms with Gasteiger partial charge in [0, 0.05) is 12.8 Å². The van der Waals surface area contributed by atoms with Crippen molar-refractivity contribution in [2.24, 2.45) is 28.9 Å². The van der Waals surface area contributed by atoms with Crippen LogP contribution in [0.15, 0.2) is 72.8 Å². The van der Waals surface area contributed by atoms with Gasteiger partial charge in [0.25, 0.3) is 0 Å². The number of rotatable bonds is 19. The molecule has 2 fully saturated rings. The third-order valence-corrected chi connectivity index (χ3v) is 13.2. The van der Waals surface area contributed by atoms with Crippen LogP contribution in [0.2, 0.25) is 0 Å². The Balaban J connectivity index is 1.01. The number of hydrogen-bond acceptors (Lipinski definition) is 9. The normalized spacial score (nSPS) is 22.5. The van der Waals surface area contributed by atoms with Gasteiger partial charge in [0.15, 0.2) is 0 Å². The van der Waals surface area contributed by atoms with Gasteiger partial charge < -0.3 is 47.3 Å². The van der Waals surface area contributed by atoms with E-state index in [9.17, 15) is 39.0 Å². The molecule has 3 aromatic rings. The second-order valence-corrected chi connectivity index (χ2v) is 18.1. The summed E-state index contributed by atoms with van der Waals surface area (Å²) in [7, 11) is 0. The lowest BCUT2D eigenvalue weighted by molar-refractivity contribution is -0.136. The maximum atomic E-state index is 13.6. The van der Waals surface area contributed by atoms with Crippen molar-refractivity contribution in [2.45, 2.75) is 109 Å². The third kappa shape index (κ3) is 12.2. The lowest BCUT2D eigenvalue weighted by atomic mass is 9.55. The molecule has 63 heavy (non-hydrogen) atoms. The number of ether oxygens (including phenoxy) is 1. The minimum absolute atomic E-state index is 0.0417. The highest BCUT2D eigenvalue weighted by Gasteiger charge is 2.55. The van der Waals surface area contributed by atoms with Crippen molar-refractivity contribution in [1.29, 1.82) is 0 Å². The minimum atomic E-state index is -1.09. The van der Waals surface area contributed by atoms with Gasteiger partial charge in [0.2, 0.25) is 35.4 Å². The fourth-order valence-corrected chi connectivity index (χ4v) is 10.1. The van der Waals surface area contributed by atoms with Crippen LogP contribution >= 0.6 is 0 Å². The second-order valence-electron chi connectivity index (χ2n) is 18.1. The Morgan fingerprint density at radius 2 is 1.38 bits per heavy atom. The van der Waals surface area contributed by atoms with E-state index in [1.54, 1.807) is 42.5 Å². The number of nitrogens with one attached hydrogen (secondary N) is 5. The van der Waals surface area contributed by atoms with Crippen LogP contribution in [0.4, 0.5) is 0 Å². The maximum absolute atomic E-state index is 13.6. The number of benzene rings is 3. The molecular formula is C48H62N6O9. The number of fused-ring (bicyclic) bond motifs is 5. The van der Waals surface area contributed by atoms with Gasteiger partial charge in [-0.1, -0.05) is 69.3 Å². The first-order valence-electron chi connectivity index (χ1n) is 22.1. The van der Waals surface area contributed by atoms with Crippen LogP contribution in [0.25, 0.3) is 0 Å². The summed E-state index contributed by atoms with van der Waals surface area (Å²) < 4.78 is 6.36. The number of aryl methyl sites for hydroxylation is 1. The number of primary amides is 1. The predicted octanol–water partition coefficient (Wildman–Crippen LogP) is 3.04. The Morgan fingerprint density at radius 3 is 2.08 bits per heavy atom. The number of carbonyl (C=O) groups excluding carboxylic acids is 6. The highest BCUT2D eigenvalue weighted by molar-refractivity contribution is 5.94. The molecule has 0 spiro atoms. The molecule has 3 aromatic carbocycles. The summed E-state index contributed by atoms with van der Waals surface area (Å²) in [5, 5.41) is 32.9. The smallest absolute Gasteiger partial charge is 0.246 e. The van der Waals surface area contributed by atoms with Gasteiger partial charge in [-0.05, 0) is 121 Å². The van der Waals surface area contributed by atoms with Gasteiger partial charge in [0.05, 0.1) is 19.2 Å². The van der Waals surface area contributed by atoms with Crippen molar-refractivity contribution >= 4 is 35.4 Å². The topological polar surface area (TPSA) is 238 Å². The van der Waals surface area contributed by atoms with E-state index in [0.29, 0.717) is 35.5 Å². The van der Waals surface area contributed by atoms with Gasteiger partial charge in [-0.25, -0.2) is 0 Å². The molecule has 0 saturated heterocycles. The molecule has 338 valence electrons. The summed E-state index contributed by atoms with van der Waals surface area (Å²) in [6, 6.07) is 17.9. The summed E-state index contributed by atoms with van der Waals surface area (Å²) in [6.07, 6.45) is 6.16. The Hall–Kier alpha value is -5.96. The van der Waals surface area contributed by atoms with E-state index in [1.165, 1.54) is 23.3 Å².